The van der Waals surface area contributed by atoms with Crippen LogP contribution >= 0.6 is 11.3 Å². The second-order valence-electron chi connectivity index (χ2n) is 8.69. The zero-order valence-electron chi connectivity index (χ0n) is 19.5. The maximum absolute atomic E-state index is 5.40. The quantitative estimate of drug-likeness (QED) is 0.573. The van der Waals surface area contributed by atoms with Gasteiger partial charge < -0.3 is 15.0 Å². The summed E-state index contributed by atoms with van der Waals surface area (Å²) < 4.78 is 5.40. The van der Waals surface area contributed by atoms with E-state index in [4.69, 9.17) is 14.7 Å². The highest BCUT2D eigenvalue weighted by Crippen LogP contribution is 2.38. The fraction of sp³-hybridized carbons (Fsp3) is 0.385. The Labute approximate surface area is 199 Å². The Morgan fingerprint density at radius 2 is 2.03 bits per heavy atom. The number of methoxy groups -OCH3 is 1. The summed E-state index contributed by atoms with van der Waals surface area (Å²) in [7, 11) is 3.96. The first-order valence-electron chi connectivity index (χ1n) is 11.7. The van der Waals surface area contributed by atoms with E-state index in [-0.39, 0.29) is 0 Å². The lowest BCUT2D eigenvalue weighted by molar-refractivity contribution is 0.134. The van der Waals surface area contributed by atoms with Gasteiger partial charge in [-0.3, -0.25) is 4.90 Å². The number of ether oxygens (including phenoxy) is 1. The van der Waals surface area contributed by atoms with Crippen molar-refractivity contribution in [2.75, 3.05) is 39.1 Å². The highest BCUT2D eigenvalue weighted by atomic mass is 32.1. The minimum absolute atomic E-state index is 0.451. The van der Waals surface area contributed by atoms with Gasteiger partial charge in [0.25, 0.3) is 0 Å². The lowest BCUT2D eigenvalue weighted by Crippen LogP contribution is -2.53. The number of rotatable bonds is 5. The molecule has 0 bridgehead atoms. The number of benzene rings is 2. The fourth-order valence-electron chi connectivity index (χ4n) is 4.55. The molecule has 0 spiro atoms. The second-order valence-corrected chi connectivity index (χ2v) is 9.77. The third kappa shape index (κ3) is 4.61. The maximum atomic E-state index is 5.40. The number of anilines is 2. The Hall–Kier alpha value is -2.90. The van der Waals surface area contributed by atoms with E-state index < -0.39 is 0 Å². The smallest absolute Gasteiger partial charge is 0.158 e. The van der Waals surface area contributed by atoms with Gasteiger partial charge in [-0.05, 0) is 56.1 Å². The summed E-state index contributed by atoms with van der Waals surface area (Å²) in [6, 6.07) is 17.1. The van der Waals surface area contributed by atoms with Gasteiger partial charge in [-0.2, -0.15) is 0 Å². The van der Waals surface area contributed by atoms with Crippen LogP contribution in [0.5, 0.6) is 5.75 Å². The number of piperazine rings is 1. The first-order valence-corrected chi connectivity index (χ1v) is 12.5. The number of aliphatic imine (C=N–C) groups is 1. The molecule has 3 aromatic rings. The number of aryl methyl sites for hydroxylation is 2. The predicted molar refractivity (Wildman–Crippen MR) is 137 cm³/mol. The molecule has 6 nitrogen and oxygen atoms in total. The molecule has 2 aliphatic rings. The van der Waals surface area contributed by atoms with E-state index in [0.29, 0.717) is 6.04 Å². The molecule has 0 saturated carbocycles. The Morgan fingerprint density at radius 3 is 2.88 bits per heavy atom. The van der Waals surface area contributed by atoms with Crippen molar-refractivity contribution in [3.63, 3.8) is 0 Å². The van der Waals surface area contributed by atoms with Crippen molar-refractivity contribution in [1.29, 1.82) is 0 Å². The Balaban J connectivity index is 1.40. The Morgan fingerprint density at radius 1 is 1.15 bits per heavy atom. The van der Waals surface area contributed by atoms with Gasteiger partial charge in [-0.25, -0.2) is 9.98 Å². The average molecular weight is 462 g/mol. The van der Waals surface area contributed by atoms with Gasteiger partial charge in [0.1, 0.15) is 16.4 Å². The SMILES string of the molecule is CCc1nc2c(s1)Nc1ccccc1N=C2N1CCN(C)[C@@H](CCc2cccc(OC)c2)C1. The van der Waals surface area contributed by atoms with E-state index in [1.165, 1.54) is 5.56 Å². The number of thiazole rings is 1. The normalized spacial score (nSPS) is 18.1. The topological polar surface area (TPSA) is 53.0 Å². The number of aromatic nitrogens is 1. The van der Waals surface area contributed by atoms with Gasteiger partial charge in [0.2, 0.25) is 0 Å². The van der Waals surface area contributed by atoms with Crippen molar-refractivity contribution in [2.24, 2.45) is 4.99 Å². The number of amidine groups is 1. The molecule has 0 amide bonds. The number of hydrogen-bond donors (Lipinski definition) is 1. The zero-order valence-corrected chi connectivity index (χ0v) is 20.4. The van der Waals surface area contributed by atoms with Gasteiger partial charge >= 0.3 is 0 Å². The summed E-state index contributed by atoms with van der Waals surface area (Å²) >= 11 is 1.74. The molecule has 7 heteroatoms. The summed E-state index contributed by atoms with van der Waals surface area (Å²) in [6.45, 7) is 5.07. The third-order valence-corrected chi connectivity index (χ3v) is 7.66. The van der Waals surface area contributed by atoms with Gasteiger partial charge in [0.05, 0.1) is 23.5 Å². The summed E-state index contributed by atoms with van der Waals surface area (Å²) in [5, 5.41) is 5.84. The fourth-order valence-corrected chi connectivity index (χ4v) is 5.46. The van der Waals surface area contributed by atoms with E-state index in [0.717, 1.165) is 77.6 Å². The molecule has 2 aromatic carbocycles. The molecule has 3 heterocycles. The molecule has 1 atom stereocenters. The number of nitrogens with zero attached hydrogens (tertiary/aromatic N) is 4. The van der Waals surface area contributed by atoms with Crippen LogP contribution < -0.4 is 10.1 Å². The minimum atomic E-state index is 0.451. The number of likely N-dealkylation sites (N-methyl/N-ethyl adjacent to an activating group) is 1. The Kier molecular flexibility index (Phi) is 6.33. The molecule has 1 aromatic heterocycles. The van der Waals surface area contributed by atoms with Crippen LogP contribution in [0.3, 0.4) is 0 Å². The van der Waals surface area contributed by atoms with Crippen LogP contribution in [0.25, 0.3) is 0 Å². The summed E-state index contributed by atoms with van der Waals surface area (Å²) in [5.74, 6) is 1.92. The van der Waals surface area contributed by atoms with Crippen LogP contribution in [-0.2, 0) is 12.8 Å². The second kappa shape index (κ2) is 9.53. The van der Waals surface area contributed by atoms with Crippen molar-refractivity contribution in [3.8, 4) is 5.75 Å². The molecule has 0 radical (unpaired) electrons. The molecule has 0 unspecified atom stereocenters. The number of para-hydroxylation sites is 2. The molecule has 0 aliphatic carbocycles. The summed E-state index contributed by atoms with van der Waals surface area (Å²) in [5.41, 5.74) is 4.33. The molecule has 1 N–H and O–H groups in total. The number of nitrogens with one attached hydrogen (secondary N) is 1. The molecular formula is C26H31N5OS. The van der Waals surface area contributed by atoms with Crippen LogP contribution in [-0.4, -0.2) is 60.5 Å². The van der Waals surface area contributed by atoms with Gasteiger partial charge in [0.15, 0.2) is 5.84 Å². The third-order valence-electron chi connectivity index (χ3n) is 6.54. The van der Waals surface area contributed by atoms with Crippen molar-refractivity contribution < 1.29 is 4.74 Å². The summed E-state index contributed by atoms with van der Waals surface area (Å²) in [6.07, 6.45) is 3.05. The van der Waals surface area contributed by atoms with Crippen LogP contribution in [0.15, 0.2) is 53.5 Å². The molecule has 33 heavy (non-hydrogen) atoms. The molecule has 172 valence electrons. The van der Waals surface area contributed by atoms with Gasteiger partial charge in [-0.15, -0.1) is 11.3 Å². The standard InChI is InChI=1S/C26H31N5OS/c1-4-23-29-24-25(27-21-10-5-6-11-22(21)28-26(24)33-23)31-15-14-30(2)19(17-31)13-12-18-8-7-9-20(16-18)32-3/h5-11,16,19,28H,4,12-15,17H2,1-3H3/t19-/m0/s1. The van der Waals surface area contributed by atoms with Crippen LogP contribution in [0, 0.1) is 0 Å². The summed E-state index contributed by atoms with van der Waals surface area (Å²) in [4.78, 5) is 15.1. The molecule has 1 fully saturated rings. The van der Waals surface area contributed by atoms with E-state index in [1.54, 1.807) is 18.4 Å². The van der Waals surface area contributed by atoms with E-state index in [2.05, 4.69) is 65.5 Å². The number of fused-ring (bicyclic) bond motifs is 2. The van der Waals surface area contributed by atoms with Gasteiger partial charge in [-0.1, -0.05) is 31.2 Å². The highest BCUT2D eigenvalue weighted by molar-refractivity contribution is 7.16. The van der Waals surface area contributed by atoms with Crippen LogP contribution in [0.4, 0.5) is 16.4 Å². The highest BCUT2D eigenvalue weighted by Gasteiger charge is 2.31. The van der Waals surface area contributed by atoms with Crippen molar-refractivity contribution >= 4 is 33.5 Å². The lowest BCUT2D eigenvalue weighted by atomic mass is 10.0. The van der Waals surface area contributed by atoms with E-state index in [9.17, 15) is 0 Å². The molecule has 2 aliphatic heterocycles. The van der Waals surface area contributed by atoms with Crippen molar-refractivity contribution in [2.45, 2.75) is 32.2 Å². The first-order chi connectivity index (χ1) is 16.1. The van der Waals surface area contributed by atoms with Crippen molar-refractivity contribution in [1.82, 2.24) is 14.8 Å². The molecular weight excluding hydrogens is 430 g/mol. The van der Waals surface area contributed by atoms with E-state index >= 15 is 0 Å². The van der Waals surface area contributed by atoms with Crippen molar-refractivity contribution in [3.05, 3.63) is 64.8 Å². The van der Waals surface area contributed by atoms with Crippen LogP contribution in [0.2, 0.25) is 0 Å². The van der Waals surface area contributed by atoms with Gasteiger partial charge in [0, 0.05) is 25.7 Å². The zero-order chi connectivity index (χ0) is 22.8. The lowest BCUT2D eigenvalue weighted by Gasteiger charge is -2.40. The van der Waals surface area contributed by atoms with E-state index in [1.807, 2.05) is 12.1 Å². The molecule has 5 rings (SSSR count). The largest absolute Gasteiger partial charge is 0.497 e. The predicted octanol–water partition coefficient (Wildman–Crippen LogP) is 5.10. The van der Waals surface area contributed by atoms with Crippen LogP contribution in [0.1, 0.15) is 29.6 Å². The Bertz CT molecular complexity index is 1160. The average Bonchev–Trinajstić information content (AvgIpc) is 3.19. The molecule has 1 saturated heterocycles. The number of hydrogen-bond acceptors (Lipinski definition) is 7. The monoisotopic (exact) mass is 461 g/mol. The first kappa shape index (κ1) is 21.9. The minimum Gasteiger partial charge on any atom is -0.497 e. The maximum Gasteiger partial charge on any atom is 0.158 e.